The lowest BCUT2D eigenvalue weighted by Gasteiger charge is -2.45. The lowest BCUT2D eigenvalue weighted by molar-refractivity contribution is -0.161. The zero-order valence-electron chi connectivity index (χ0n) is 10.1. The predicted octanol–water partition coefficient (Wildman–Crippen LogP) is 1.43. The Balaban J connectivity index is 2.27. The maximum Gasteiger partial charge on any atom is 0.229 e. The van der Waals surface area contributed by atoms with Crippen LogP contribution < -0.4 is 0 Å². The summed E-state index contributed by atoms with van der Waals surface area (Å²) in [5, 5.41) is 10.6. The number of hydrogen-bond acceptors (Lipinski definition) is 2. The SMILES string of the molecule is C=CCN1C[C@H](C)[C@@]2(O)CC[C@H](C)[C@H]2C1=O. The van der Waals surface area contributed by atoms with Crippen molar-refractivity contribution in [3.63, 3.8) is 0 Å². The summed E-state index contributed by atoms with van der Waals surface area (Å²) in [7, 11) is 0. The molecule has 0 spiro atoms. The molecule has 1 N–H and O–H groups in total. The number of fused-ring (bicyclic) bond motifs is 1. The standard InChI is InChI=1S/C13H21NO2/c1-4-7-14-8-10(3)13(16)6-5-9(2)11(13)12(14)15/h4,9-11,16H,1,5-8H2,2-3H3/t9-,10-,11-,13-/m0/s1. The first-order chi connectivity index (χ1) is 7.50. The van der Waals surface area contributed by atoms with Crippen LogP contribution in [0.25, 0.3) is 0 Å². The molecule has 0 aromatic rings. The van der Waals surface area contributed by atoms with Crippen molar-refractivity contribution in [2.45, 2.75) is 32.3 Å². The van der Waals surface area contributed by atoms with E-state index in [-0.39, 0.29) is 17.7 Å². The van der Waals surface area contributed by atoms with Crippen molar-refractivity contribution in [2.24, 2.45) is 17.8 Å². The van der Waals surface area contributed by atoms with Crippen LogP contribution in [0.3, 0.4) is 0 Å². The van der Waals surface area contributed by atoms with Gasteiger partial charge in [-0.15, -0.1) is 6.58 Å². The molecule has 0 aromatic heterocycles. The molecular weight excluding hydrogens is 202 g/mol. The van der Waals surface area contributed by atoms with E-state index in [4.69, 9.17) is 0 Å². The Bertz CT molecular complexity index is 315. The second-order valence-electron chi connectivity index (χ2n) is 5.42. The van der Waals surface area contributed by atoms with Crippen LogP contribution in [0.15, 0.2) is 12.7 Å². The van der Waals surface area contributed by atoms with Crippen LogP contribution in [0.2, 0.25) is 0 Å². The maximum atomic E-state index is 12.3. The summed E-state index contributed by atoms with van der Waals surface area (Å²) in [4.78, 5) is 14.1. The van der Waals surface area contributed by atoms with Crippen molar-refractivity contribution in [3.8, 4) is 0 Å². The number of carbonyl (C=O) groups is 1. The topological polar surface area (TPSA) is 40.5 Å². The van der Waals surface area contributed by atoms with Crippen LogP contribution >= 0.6 is 0 Å². The van der Waals surface area contributed by atoms with Gasteiger partial charge in [-0.2, -0.15) is 0 Å². The number of nitrogens with zero attached hydrogens (tertiary/aromatic N) is 1. The van der Waals surface area contributed by atoms with Gasteiger partial charge in [-0.1, -0.05) is 19.9 Å². The molecule has 1 saturated carbocycles. The van der Waals surface area contributed by atoms with Gasteiger partial charge < -0.3 is 10.0 Å². The molecule has 4 atom stereocenters. The van der Waals surface area contributed by atoms with Gasteiger partial charge in [0.2, 0.25) is 5.91 Å². The fraction of sp³-hybridized carbons (Fsp3) is 0.769. The van der Waals surface area contributed by atoms with E-state index in [9.17, 15) is 9.90 Å². The number of piperidine rings is 1. The van der Waals surface area contributed by atoms with E-state index in [1.807, 2.05) is 11.8 Å². The average Bonchev–Trinajstić information content (AvgIpc) is 2.54. The molecule has 16 heavy (non-hydrogen) atoms. The first-order valence-corrected chi connectivity index (χ1v) is 6.12. The van der Waals surface area contributed by atoms with Gasteiger partial charge in [-0.05, 0) is 18.8 Å². The normalized spacial score (nSPS) is 43.3. The van der Waals surface area contributed by atoms with E-state index in [0.29, 0.717) is 19.0 Å². The van der Waals surface area contributed by atoms with Gasteiger partial charge in [0.25, 0.3) is 0 Å². The summed E-state index contributed by atoms with van der Waals surface area (Å²) in [6.07, 6.45) is 3.49. The Hall–Kier alpha value is -0.830. The molecule has 2 aliphatic rings. The minimum Gasteiger partial charge on any atom is -0.389 e. The highest BCUT2D eigenvalue weighted by atomic mass is 16.3. The molecule has 3 nitrogen and oxygen atoms in total. The Morgan fingerprint density at radius 2 is 2.31 bits per heavy atom. The fourth-order valence-electron chi connectivity index (χ4n) is 3.38. The molecule has 3 heteroatoms. The highest BCUT2D eigenvalue weighted by Gasteiger charge is 2.56. The van der Waals surface area contributed by atoms with Crippen molar-refractivity contribution in [2.75, 3.05) is 13.1 Å². The van der Waals surface area contributed by atoms with Crippen molar-refractivity contribution < 1.29 is 9.90 Å². The van der Waals surface area contributed by atoms with E-state index >= 15 is 0 Å². The average molecular weight is 223 g/mol. The number of carbonyl (C=O) groups excluding carboxylic acids is 1. The summed E-state index contributed by atoms with van der Waals surface area (Å²) in [6.45, 7) is 9.06. The van der Waals surface area contributed by atoms with E-state index in [1.54, 1.807) is 6.08 Å². The summed E-state index contributed by atoms with van der Waals surface area (Å²) < 4.78 is 0. The summed E-state index contributed by atoms with van der Waals surface area (Å²) in [6, 6.07) is 0. The quantitative estimate of drug-likeness (QED) is 0.719. The monoisotopic (exact) mass is 223 g/mol. The molecule has 0 aromatic carbocycles. The van der Waals surface area contributed by atoms with Gasteiger partial charge in [0.1, 0.15) is 0 Å². The molecule has 2 rings (SSSR count). The van der Waals surface area contributed by atoms with Crippen molar-refractivity contribution >= 4 is 5.91 Å². The lowest BCUT2D eigenvalue weighted by atomic mass is 9.74. The molecule has 90 valence electrons. The van der Waals surface area contributed by atoms with Crippen LogP contribution in [-0.4, -0.2) is 34.6 Å². The van der Waals surface area contributed by atoms with E-state index < -0.39 is 5.60 Å². The van der Waals surface area contributed by atoms with Crippen LogP contribution in [-0.2, 0) is 4.79 Å². The Morgan fingerprint density at radius 1 is 1.62 bits per heavy atom. The van der Waals surface area contributed by atoms with Gasteiger partial charge in [0, 0.05) is 19.0 Å². The summed E-state index contributed by atoms with van der Waals surface area (Å²) >= 11 is 0. The van der Waals surface area contributed by atoms with E-state index in [0.717, 1.165) is 12.8 Å². The van der Waals surface area contributed by atoms with Crippen molar-refractivity contribution in [1.29, 1.82) is 0 Å². The fourth-order valence-corrected chi connectivity index (χ4v) is 3.38. The molecule has 1 aliphatic carbocycles. The first-order valence-electron chi connectivity index (χ1n) is 6.12. The van der Waals surface area contributed by atoms with Crippen LogP contribution in [0.4, 0.5) is 0 Å². The van der Waals surface area contributed by atoms with Crippen LogP contribution in [0.1, 0.15) is 26.7 Å². The van der Waals surface area contributed by atoms with Crippen molar-refractivity contribution in [1.82, 2.24) is 4.90 Å². The highest BCUT2D eigenvalue weighted by molar-refractivity contribution is 5.82. The first kappa shape index (κ1) is 11.6. The lowest BCUT2D eigenvalue weighted by Crippen LogP contribution is -2.59. The largest absolute Gasteiger partial charge is 0.389 e. The molecule has 1 heterocycles. The van der Waals surface area contributed by atoms with E-state index in [1.165, 1.54) is 0 Å². The summed E-state index contributed by atoms with van der Waals surface area (Å²) in [5.74, 6) is 0.384. The molecule has 0 radical (unpaired) electrons. The molecule has 0 bridgehead atoms. The van der Waals surface area contributed by atoms with Gasteiger partial charge in [-0.25, -0.2) is 0 Å². The smallest absolute Gasteiger partial charge is 0.229 e. The number of amides is 1. The maximum absolute atomic E-state index is 12.3. The molecule has 0 unspecified atom stereocenters. The predicted molar refractivity (Wildman–Crippen MR) is 62.8 cm³/mol. The molecule has 1 saturated heterocycles. The zero-order chi connectivity index (χ0) is 11.9. The molecule has 2 fully saturated rings. The minimum atomic E-state index is -0.756. The van der Waals surface area contributed by atoms with Gasteiger partial charge >= 0.3 is 0 Å². The number of likely N-dealkylation sites (tertiary alicyclic amines) is 1. The Kier molecular flexibility index (Phi) is 2.82. The highest BCUT2D eigenvalue weighted by Crippen LogP contribution is 2.48. The second kappa shape index (κ2) is 3.88. The van der Waals surface area contributed by atoms with Crippen molar-refractivity contribution in [3.05, 3.63) is 12.7 Å². The molecule has 1 amide bonds. The summed E-state index contributed by atoms with van der Waals surface area (Å²) in [5.41, 5.74) is -0.756. The molecular formula is C13H21NO2. The minimum absolute atomic E-state index is 0.116. The number of aliphatic hydroxyl groups is 1. The third-order valence-corrected chi connectivity index (χ3v) is 4.38. The zero-order valence-corrected chi connectivity index (χ0v) is 10.1. The van der Waals surface area contributed by atoms with Gasteiger partial charge in [0.15, 0.2) is 0 Å². The third-order valence-electron chi connectivity index (χ3n) is 4.38. The van der Waals surface area contributed by atoms with Gasteiger partial charge in [-0.3, -0.25) is 4.79 Å². The Morgan fingerprint density at radius 3 is 2.94 bits per heavy atom. The van der Waals surface area contributed by atoms with Crippen LogP contribution in [0, 0.1) is 17.8 Å². The second-order valence-corrected chi connectivity index (χ2v) is 5.42. The van der Waals surface area contributed by atoms with Gasteiger partial charge in [0.05, 0.1) is 11.5 Å². The van der Waals surface area contributed by atoms with Crippen LogP contribution in [0.5, 0.6) is 0 Å². The third kappa shape index (κ3) is 1.49. The number of rotatable bonds is 2. The Labute approximate surface area is 97.1 Å². The molecule has 1 aliphatic heterocycles. The number of hydrogen-bond donors (Lipinski definition) is 1. The van der Waals surface area contributed by atoms with E-state index in [2.05, 4.69) is 13.5 Å².